The van der Waals surface area contributed by atoms with Crippen molar-refractivity contribution in [2.75, 3.05) is 20.2 Å². The molecule has 2 rings (SSSR count). The first kappa shape index (κ1) is 17.7. The number of ether oxygens (including phenoxy) is 1. The molecule has 1 aromatic carbocycles. The van der Waals surface area contributed by atoms with Crippen LogP contribution in [0.25, 0.3) is 0 Å². The number of guanidine groups is 1. The summed E-state index contributed by atoms with van der Waals surface area (Å²) in [6.07, 6.45) is 6.46. The summed E-state index contributed by atoms with van der Waals surface area (Å²) in [5.41, 5.74) is 1.57. The molecule has 0 unspecified atom stereocenters. The molecule has 128 valence electrons. The molecule has 4 nitrogen and oxygen atoms in total. The Morgan fingerprint density at radius 1 is 1.30 bits per heavy atom. The normalized spacial score (nSPS) is 15.9. The number of nitrogens with one attached hydrogen (secondary N) is 2. The largest absolute Gasteiger partial charge is 0.378 e. The van der Waals surface area contributed by atoms with E-state index in [1.165, 1.54) is 25.7 Å². The Kier molecular flexibility index (Phi) is 7.33. The first-order chi connectivity index (χ1) is 11.2. The highest BCUT2D eigenvalue weighted by Crippen LogP contribution is 2.20. The summed E-state index contributed by atoms with van der Waals surface area (Å²) in [4.78, 5) is 4.18. The van der Waals surface area contributed by atoms with Crippen molar-refractivity contribution in [1.82, 2.24) is 10.6 Å². The zero-order chi connectivity index (χ0) is 16.5. The Morgan fingerprint density at radius 3 is 2.78 bits per heavy atom. The van der Waals surface area contributed by atoms with Crippen molar-refractivity contribution in [1.29, 1.82) is 0 Å². The predicted octanol–water partition coefficient (Wildman–Crippen LogP) is 3.15. The van der Waals surface area contributed by atoms with Gasteiger partial charge in [0.2, 0.25) is 0 Å². The fourth-order valence-corrected chi connectivity index (χ4v) is 2.74. The molecule has 0 saturated heterocycles. The topological polar surface area (TPSA) is 45.7 Å². The summed E-state index contributed by atoms with van der Waals surface area (Å²) < 4.78 is 19.3. The van der Waals surface area contributed by atoms with Gasteiger partial charge in [0.1, 0.15) is 5.82 Å². The lowest BCUT2D eigenvalue weighted by atomic mass is 10.1. The molecule has 0 spiro atoms. The molecule has 1 aliphatic carbocycles. The Labute approximate surface area is 138 Å². The van der Waals surface area contributed by atoms with Crippen molar-refractivity contribution in [3.8, 4) is 0 Å². The number of benzene rings is 1. The van der Waals surface area contributed by atoms with Crippen molar-refractivity contribution in [2.24, 2.45) is 4.99 Å². The first-order valence-electron chi connectivity index (χ1n) is 8.50. The number of hydrogen-bond acceptors (Lipinski definition) is 2. The van der Waals surface area contributed by atoms with E-state index in [4.69, 9.17) is 4.74 Å². The molecular weight excluding hydrogens is 293 g/mol. The molecule has 2 N–H and O–H groups in total. The highest BCUT2D eigenvalue weighted by Gasteiger charge is 2.14. The van der Waals surface area contributed by atoms with Crippen LogP contribution in [-0.4, -0.2) is 32.3 Å². The van der Waals surface area contributed by atoms with Crippen LogP contribution in [0.5, 0.6) is 0 Å². The van der Waals surface area contributed by atoms with Crippen LogP contribution in [0, 0.1) is 12.7 Å². The number of aryl methyl sites for hydroxylation is 1. The van der Waals surface area contributed by atoms with Gasteiger partial charge in [-0.05, 0) is 43.4 Å². The minimum absolute atomic E-state index is 0.170. The van der Waals surface area contributed by atoms with E-state index in [0.29, 0.717) is 18.2 Å². The van der Waals surface area contributed by atoms with E-state index in [1.807, 2.05) is 6.07 Å². The van der Waals surface area contributed by atoms with Gasteiger partial charge in [-0.3, -0.25) is 4.99 Å². The van der Waals surface area contributed by atoms with E-state index in [1.54, 1.807) is 26.1 Å². The van der Waals surface area contributed by atoms with Crippen molar-refractivity contribution in [3.63, 3.8) is 0 Å². The second-order valence-electron chi connectivity index (χ2n) is 6.07. The summed E-state index contributed by atoms with van der Waals surface area (Å²) in [6.45, 7) is 3.92. The average Bonchev–Trinajstić information content (AvgIpc) is 3.06. The minimum Gasteiger partial charge on any atom is -0.378 e. The third-order valence-corrected chi connectivity index (χ3v) is 4.19. The predicted molar refractivity (Wildman–Crippen MR) is 92.2 cm³/mol. The summed E-state index contributed by atoms with van der Waals surface area (Å²) >= 11 is 0. The van der Waals surface area contributed by atoms with Gasteiger partial charge in [0.25, 0.3) is 0 Å². The third-order valence-electron chi connectivity index (χ3n) is 4.19. The van der Waals surface area contributed by atoms with Crippen molar-refractivity contribution in [3.05, 3.63) is 35.1 Å². The maximum absolute atomic E-state index is 13.5. The lowest BCUT2D eigenvalue weighted by Crippen LogP contribution is -2.37. The molecule has 0 amide bonds. The molecule has 0 radical (unpaired) electrons. The van der Waals surface area contributed by atoms with E-state index in [2.05, 4.69) is 15.6 Å². The molecule has 0 bridgehead atoms. The Balaban J connectivity index is 1.61. The van der Waals surface area contributed by atoms with Crippen molar-refractivity contribution < 1.29 is 9.13 Å². The van der Waals surface area contributed by atoms with Gasteiger partial charge in [-0.15, -0.1) is 0 Å². The van der Waals surface area contributed by atoms with Gasteiger partial charge in [-0.25, -0.2) is 4.39 Å². The summed E-state index contributed by atoms with van der Waals surface area (Å²) in [6, 6.07) is 5.28. The Morgan fingerprint density at radius 2 is 2.09 bits per heavy atom. The van der Waals surface area contributed by atoms with Crippen LogP contribution < -0.4 is 10.6 Å². The van der Waals surface area contributed by atoms with Crippen LogP contribution in [0.15, 0.2) is 23.2 Å². The van der Waals surface area contributed by atoms with Crippen LogP contribution in [0.2, 0.25) is 0 Å². The van der Waals surface area contributed by atoms with Crippen LogP contribution in [-0.2, 0) is 11.3 Å². The summed E-state index contributed by atoms with van der Waals surface area (Å²) in [5, 5.41) is 6.45. The van der Waals surface area contributed by atoms with Gasteiger partial charge in [0, 0.05) is 26.7 Å². The van der Waals surface area contributed by atoms with Gasteiger partial charge in [0.05, 0.1) is 6.10 Å². The standard InChI is InChI=1S/C18H28FN3O/c1-14-8-9-15(12-17(14)19)13-22-18(20-2)21-10-5-11-23-16-6-3-4-7-16/h8-9,12,16H,3-7,10-11,13H2,1-2H3,(H2,20,21,22). The average molecular weight is 321 g/mol. The molecule has 23 heavy (non-hydrogen) atoms. The van der Waals surface area contributed by atoms with Crippen LogP contribution in [0.3, 0.4) is 0 Å². The SMILES string of the molecule is CN=C(NCCCOC1CCCC1)NCc1ccc(C)c(F)c1. The third kappa shape index (κ3) is 6.18. The van der Waals surface area contributed by atoms with Gasteiger partial charge < -0.3 is 15.4 Å². The van der Waals surface area contributed by atoms with E-state index in [-0.39, 0.29) is 5.82 Å². The number of halogens is 1. The maximum atomic E-state index is 13.5. The van der Waals surface area contributed by atoms with Gasteiger partial charge in [0.15, 0.2) is 5.96 Å². The monoisotopic (exact) mass is 321 g/mol. The molecule has 1 saturated carbocycles. The second-order valence-corrected chi connectivity index (χ2v) is 6.07. The molecule has 0 aliphatic heterocycles. The molecular formula is C18H28FN3O. The number of aliphatic imine (C=N–C) groups is 1. The molecule has 1 fully saturated rings. The van der Waals surface area contributed by atoms with E-state index < -0.39 is 0 Å². The fourth-order valence-electron chi connectivity index (χ4n) is 2.74. The molecule has 0 heterocycles. The highest BCUT2D eigenvalue weighted by atomic mass is 19.1. The molecule has 1 aliphatic rings. The van der Waals surface area contributed by atoms with E-state index in [0.717, 1.165) is 31.1 Å². The van der Waals surface area contributed by atoms with Crippen LogP contribution in [0.1, 0.15) is 43.2 Å². The number of nitrogens with zero attached hydrogens (tertiary/aromatic N) is 1. The zero-order valence-electron chi connectivity index (χ0n) is 14.2. The number of hydrogen-bond donors (Lipinski definition) is 2. The van der Waals surface area contributed by atoms with Gasteiger partial charge in [-0.1, -0.05) is 25.0 Å². The van der Waals surface area contributed by atoms with Crippen molar-refractivity contribution >= 4 is 5.96 Å². The first-order valence-corrected chi connectivity index (χ1v) is 8.50. The van der Waals surface area contributed by atoms with E-state index >= 15 is 0 Å². The number of rotatable bonds is 7. The van der Waals surface area contributed by atoms with Gasteiger partial charge >= 0.3 is 0 Å². The molecule has 0 aromatic heterocycles. The smallest absolute Gasteiger partial charge is 0.191 e. The minimum atomic E-state index is -0.170. The Bertz CT molecular complexity index is 513. The van der Waals surface area contributed by atoms with Crippen LogP contribution in [0.4, 0.5) is 4.39 Å². The Hall–Kier alpha value is -1.62. The van der Waals surface area contributed by atoms with Crippen molar-refractivity contribution in [2.45, 2.75) is 51.7 Å². The van der Waals surface area contributed by atoms with Gasteiger partial charge in [-0.2, -0.15) is 0 Å². The summed E-state index contributed by atoms with van der Waals surface area (Å²) in [5.74, 6) is 0.558. The maximum Gasteiger partial charge on any atom is 0.191 e. The highest BCUT2D eigenvalue weighted by molar-refractivity contribution is 5.79. The molecule has 5 heteroatoms. The fraction of sp³-hybridized carbons (Fsp3) is 0.611. The lowest BCUT2D eigenvalue weighted by molar-refractivity contribution is 0.0574. The van der Waals surface area contributed by atoms with Crippen LogP contribution >= 0.6 is 0 Å². The quantitative estimate of drug-likeness (QED) is 0.461. The van der Waals surface area contributed by atoms with E-state index in [9.17, 15) is 4.39 Å². The molecule has 1 aromatic rings. The molecule has 0 atom stereocenters. The second kappa shape index (κ2) is 9.50. The zero-order valence-corrected chi connectivity index (χ0v) is 14.2. The lowest BCUT2D eigenvalue weighted by Gasteiger charge is -2.14. The summed E-state index contributed by atoms with van der Waals surface area (Å²) in [7, 11) is 1.74.